The zero-order valence-electron chi connectivity index (χ0n) is 12.5. The summed E-state index contributed by atoms with van der Waals surface area (Å²) in [6, 6.07) is 2.21. The number of nitrogens with one attached hydrogen (secondary N) is 1. The largest absolute Gasteiger partial charge is 0.312 e. The minimum atomic E-state index is 0.694. The molecule has 2 rings (SSSR count). The predicted molar refractivity (Wildman–Crippen MR) is 78.0 cm³/mol. The summed E-state index contributed by atoms with van der Waals surface area (Å²) in [6.45, 7) is 13.1. The molecule has 2 fully saturated rings. The normalized spacial score (nSPS) is 26.0. The van der Waals surface area contributed by atoms with Crippen LogP contribution >= 0.6 is 0 Å². The van der Waals surface area contributed by atoms with Gasteiger partial charge in [0.05, 0.1) is 0 Å². The molecular formula is C15H31N3. The lowest BCUT2D eigenvalue weighted by molar-refractivity contribution is 0.0822. The number of piperazine rings is 1. The topological polar surface area (TPSA) is 18.5 Å². The Labute approximate surface area is 113 Å². The lowest BCUT2D eigenvalue weighted by Crippen LogP contribution is -2.53. The van der Waals surface area contributed by atoms with Crippen molar-refractivity contribution in [1.82, 2.24) is 15.1 Å². The first-order valence-corrected chi connectivity index (χ1v) is 7.88. The number of hydrogen-bond donors (Lipinski definition) is 1. The van der Waals surface area contributed by atoms with Crippen LogP contribution in [0.4, 0.5) is 0 Å². The third-order valence-electron chi connectivity index (χ3n) is 4.76. The van der Waals surface area contributed by atoms with Crippen molar-refractivity contribution < 1.29 is 0 Å². The molecule has 2 aliphatic rings. The Balaban J connectivity index is 1.65. The molecule has 0 aromatic carbocycles. The molecule has 0 aromatic rings. The van der Waals surface area contributed by atoms with Crippen molar-refractivity contribution in [3.8, 4) is 0 Å². The van der Waals surface area contributed by atoms with Crippen LogP contribution in [0.15, 0.2) is 0 Å². The van der Waals surface area contributed by atoms with Crippen molar-refractivity contribution in [2.45, 2.75) is 64.6 Å². The van der Waals surface area contributed by atoms with Gasteiger partial charge >= 0.3 is 0 Å². The van der Waals surface area contributed by atoms with E-state index < -0.39 is 0 Å². The van der Waals surface area contributed by atoms with E-state index in [0.29, 0.717) is 12.1 Å². The average molecular weight is 253 g/mol. The summed E-state index contributed by atoms with van der Waals surface area (Å²) in [5.74, 6) is 0. The van der Waals surface area contributed by atoms with E-state index in [1.165, 1.54) is 58.4 Å². The first kappa shape index (κ1) is 14.3. The highest BCUT2D eigenvalue weighted by Crippen LogP contribution is 2.17. The quantitative estimate of drug-likeness (QED) is 0.808. The van der Waals surface area contributed by atoms with E-state index in [0.717, 1.165) is 6.04 Å². The van der Waals surface area contributed by atoms with Crippen molar-refractivity contribution in [3.63, 3.8) is 0 Å². The van der Waals surface area contributed by atoms with E-state index in [2.05, 4.69) is 35.9 Å². The fourth-order valence-electron chi connectivity index (χ4n) is 3.29. The van der Waals surface area contributed by atoms with Crippen LogP contribution in [0.5, 0.6) is 0 Å². The lowest BCUT2D eigenvalue weighted by Gasteiger charge is -2.40. The molecule has 3 nitrogen and oxygen atoms in total. The van der Waals surface area contributed by atoms with Gasteiger partial charge in [0.15, 0.2) is 0 Å². The summed E-state index contributed by atoms with van der Waals surface area (Å²) in [6.07, 6.45) is 5.65. The lowest BCUT2D eigenvalue weighted by atomic mass is 10.2. The fourth-order valence-corrected chi connectivity index (χ4v) is 3.29. The highest BCUT2D eigenvalue weighted by atomic mass is 15.3. The molecule has 0 spiro atoms. The second kappa shape index (κ2) is 6.88. The third-order valence-corrected chi connectivity index (χ3v) is 4.76. The number of hydrogen-bond acceptors (Lipinski definition) is 3. The second-order valence-electron chi connectivity index (χ2n) is 6.40. The SMILES string of the molecule is CC(C)N1CCN(C(C)CNC2CCCC2)CC1. The van der Waals surface area contributed by atoms with Crippen molar-refractivity contribution in [2.75, 3.05) is 32.7 Å². The molecule has 1 aliphatic heterocycles. The van der Waals surface area contributed by atoms with E-state index in [1.54, 1.807) is 0 Å². The van der Waals surface area contributed by atoms with Crippen molar-refractivity contribution in [1.29, 1.82) is 0 Å². The van der Waals surface area contributed by atoms with Gasteiger partial charge in [0, 0.05) is 50.8 Å². The molecule has 3 heteroatoms. The van der Waals surface area contributed by atoms with E-state index in [9.17, 15) is 0 Å². The molecule has 0 aromatic heterocycles. The standard InChI is InChI=1S/C15H31N3/c1-13(2)17-8-10-18(11-9-17)14(3)12-16-15-6-4-5-7-15/h13-16H,4-12H2,1-3H3. The second-order valence-corrected chi connectivity index (χ2v) is 6.40. The highest BCUT2D eigenvalue weighted by molar-refractivity contribution is 4.81. The maximum atomic E-state index is 3.76. The molecule has 0 bridgehead atoms. The zero-order valence-corrected chi connectivity index (χ0v) is 12.5. The van der Waals surface area contributed by atoms with E-state index in [1.807, 2.05) is 0 Å². The molecule has 18 heavy (non-hydrogen) atoms. The van der Waals surface area contributed by atoms with Gasteiger partial charge in [-0.1, -0.05) is 12.8 Å². The highest BCUT2D eigenvalue weighted by Gasteiger charge is 2.23. The van der Waals surface area contributed by atoms with Crippen LogP contribution in [0.25, 0.3) is 0 Å². The Kier molecular flexibility index (Phi) is 5.46. The zero-order chi connectivity index (χ0) is 13.0. The summed E-state index contributed by atoms with van der Waals surface area (Å²) in [5, 5.41) is 3.76. The number of rotatable bonds is 5. The predicted octanol–water partition coefficient (Wildman–Crippen LogP) is 1.93. The van der Waals surface area contributed by atoms with Gasteiger partial charge in [0.25, 0.3) is 0 Å². The van der Waals surface area contributed by atoms with Gasteiger partial charge in [-0.15, -0.1) is 0 Å². The summed E-state index contributed by atoms with van der Waals surface area (Å²) in [4.78, 5) is 5.24. The van der Waals surface area contributed by atoms with Crippen LogP contribution in [0.3, 0.4) is 0 Å². The minimum Gasteiger partial charge on any atom is -0.312 e. The van der Waals surface area contributed by atoms with Gasteiger partial charge in [-0.25, -0.2) is 0 Å². The molecule has 1 N–H and O–H groups in total. The summed E-state index contributed by atoms with van der Waals surface area (Å²) < 4.78 is 0. The van der Waals surface area contributed by atoms with Gasteiger partial charge in [-0.05, 0) is 33.6 Å². The van der Waals surface area contributed by atoms with Crippen molar-refractivity contribution in [2.24, 2.45) is 0 Å². The van der Waals surface area contributed by atoms with Gasteiger partial charge in [-0.2, -0.15) is 0 Å². The van der Waals surface area contributed by atoms with Gasteiger partial charge in [0.1, 0.15) is 0 Å². The first-order chi connectivity index (χ1) is 8.66. The van der Waals surface area contributed by atoms with Crippen LogP contribution in [0.1, 0.15) is 46.5 Å². The molecule has 1 unspecified atom stereocenters. The summed E-state index contributed by atoms with van der Waals surface area (Å²) >= 11 is 0. The maximum absolute atomic E-state index is 3.76. The smallest absolute Gasteiger partial charge is 0.0193 e. The maximum Gasteiger partial charge on any atom is 0.0193 e. The Bertz CT molecular complexity index is 228. The number of nitrogens with zero attached hydrogens (tertiary/aromatic N) is 2. The molecule has 0 radical (unpaired) electrons. The summed E-state index contributed by atoms with van der Waals surface area (Å²) in [5.41, 5.74) is 0. The van der Waals surface area contributed by atoms with E-state index >= 15 is 0 Å². The molecule has 106 valence electrons. The van der Waals surface area contributed by atoms with E-state index in [4.69, 9.17) is 0 Å². The molecule has 1 atom stereocenters. The van der Waals surface area contributed by atoms with Gasteiger partial charge < -0.3 is 5.32 Å². The Morgan fingerprint density at radius 3 is 2.06 bits per heavy atom. The Morgan fingerprint density at radius 1 is 0.944 bits per heavy atom. The van der Waals surface area contributed by atoms with Crippen LogP contribution in [-0.4, -0.2) is 60.6 Å². The average Bonchev–Trinajstić information content (AvgIpc) is 2.89. The molecule has 1 heterocycles. The Morgan fingerprint density at radius 2 is 1.50 bits per heavy atom. The van der Waals surface area contributed by atoms with Gasteiger partial charge in [-0.3, -0.25) is 9.80 Å². The third kappa shape index (κ3) is 3.94. The minimum absolute atomic E-state index is 0.694. The van der Waals surface area contributed by atoms with E-state index in [-0.39, 0.29) is 0 Å². The van der Waals surface area contributed by atoms with Crippen molar-refractivity contribution >= 4 is 0 Å². The van der Waals surface area contributed by atoms with Crippen LogP contribution in [-0.2, 0) is 0 Å². The molecular weight excluding hydrogens is 222 g/mol. The summed E-state index contributed by atoms with van der Waals surface area (Å²) in [7, 11) is 0. The monoisotopic (exact) mass is 253 g/mol. The molecule has 1 saturated carbocycles. The molecule has 1 saturated heterocycles. The van der Waals surface area contributed by atoms with Crippen molar-refractivity contribution in [3.05, 3.63) is 0 Å². The van der Waals surface area contributed by atoms with Gasteiger partial charge in [0.2, 0.25) is 0 Å². The molecule has 1 aliphatic carbocycles. The van der Waals surface area contributed by atoms with Crippen LogP contribution < -0.4 is 5.32 Å². The first-order valence-electron chi connectivity index (χ1n) is 7.88. The fraction of sp³-hybridized carbons (Fsp3) is 1.00. The Hall–Kier alpha value is -0.120. The van der Waals surface area contributed by atoms with Crippen LogP contribution in [0.2, 0.25) is 0 Å². The molecule has 0 amide bonds. The van der Waals surface area contributed by atoms with Crippen LogP contribution in [0, 0.1) is 0 Å².